The molecular formula is C15H26Cl5N3. The van der Waals surface area contributed by atoms with Gasteiger partial charge in [-0.15, -0.1) is 0 Å². The number of nitrogens with zero attached hydrogens (tertiary/aromatic N) is 3. The molecule has 136 valence electrons. The van der Waals surface area contributed by atoms with Gasteiger partial charge in [0.15, 0.2) is 0 Å². The average Bonchev–Trinajstić information content (AvgIpc) is 2.74. The molecule has 3 nitrogen and oxygen atoms in total. The maximum absolute atomic E-state index is 6.37. The number of halogens is 5. The largest absolute Gasteiger partial charge is 0.304 e. The zero-order valence-electron chi connectivity index (χ0n) is 14.1. The van der Waals surface area contributed by atoms with E-state index in [1.165, 1.54) is 19.3 Å². The van der Waals surface area contributed by atoms with E-state index in [2.05, 4.69) is 32.8 Å². The van der Waals surface area contributed by atoms with Crippen molar-refractivity contribution in [2.24, 2.45) is 10.5 Å². The molecule has 0 aliphatic carbocycles. The lowest BCUT2D eigenvalue weighted by molar-refractivity contribution is 0.0729. The first-order chi connectivity index (χ1) is 10.4. The van der Waals surface area contributed by atoms with E-state index in [1.54, 1.807) is 11.2 Å². The Hall–Kier alpha value is 0.720. The van der Waals surface area contributed by atoms with E-state index >= 15 is 0 Å². The minimum absolute atomic E-state index is 0.0513. The van der Waals surface area contributed by atoms with Crippen LogP contribution in [0.3, 0.4) is 0 Å². The zero-order chi connectivity index (χ0) is 17.9. The molecule has 8 heteroatoms. The molecule has 1 unspecified atom stereocenters. The maximum Gasteiger partial charge on any atom is 0.241 e. The van der Waals surface area contributed by atoms with Gasteiger partial charge in [0, 0.05) is 6.54 Å². The van der Waals surface area contributed by atoms with Crippen molar-refractivity contribution in [2.45, 2.75) is 74.2 Å². The summed E-state index contributed by atoms with van der Waals surface area (Å²) in [5.41, 5.74) is 0.0513. The molecular weight excluding hydrogens is 399 g/mol. The van der Waals surface area contributed by atoms with Gasteiger partial charge in [-0.2, -0.15) is 5.10 Å². The van der Waals surface area contributed by atoms with Crippen molar-refractivity contribution in [3.05, 3.63) is 0 Å². The summed E-state index contributed by atoms with van der Waals surface area (Å²) < 4.78 is -3.54. The lowest BCUT2D eigenvalue weighted by atomic mass is 9.90. The third kappa shape index (κ3) is 6.18. The summed E-state index contributed by atoms with van der Waals surface area (Å²) in [7, 11) is 0. The Morgan fingerprint density at radius 3 is 2.09 bits per heavy atom. The molecule has 1 aliphatic rings. The smallest absolute Gasteiger partial charge is 0.241 e. The highest BCUT2D eigenvalue weighted by atomic mass is 35.6. The molecule has 0 fully saturated rings. The molecule has 0 saturated carbocycles. The first-order valence-corrected chi connectivity index (χ1v) is 9.83. The lowest BCUT2D eigenvalue weighted by Crippen LogP contribution is -2.55. The fourth-order valence-corrected chi connectivity index (χ4v) is 3.09. The minimum atomic E-state index is -1.85. The van der Waals surface area contributed by atoms with Gasteiger partial charge in [-0.05, 0) is 18.3 Å². The molecule has 0 saturated heterocycles. The Balaban J connectivity index is 2.88. The van der Waals surface area contributed by atoms with Gasteiger partial charge in [0.2, 0.25) is 8.25 Å². The van der Waals surface area contributed by atoms with Gasteiger partial charge in [0.25, 0.3) is 0 Å². The standard InChI is InChI=1S/C15H26Cl5N3/c1-5-6-7-8-9-23-12(10-13(2,3)4)22(11-21-23)15(19,20)14(16,17)18/h11-12H,5-10H2,1-4H3. The fourth-order valence-electron chi connectivity index (χ4n) is 2.48. The summed E-state index contributed by atoms with van der Waals surface area (Å²) in [4.78, 5) is 1.65. The van der Waals surface area contributed by atoms with Crippen LogP contribution < -0.4 is 0 Å². The highest BCUT2D eigenvalue weighted by Crippen LogP contribution is 2.50. The van der Waals surface area contributed by atoms with Gasteiger partial charge in [-0.25, -0.2) is 0 Å². The molecule has 1 atom stereocenters. The van der Waals surface area contributed by atoms with E-state index in [1.807, 2.05) is 5.01 Å². The second kappa shape index (κ2) is 8.40. The SMILES string of the molecule is CCCCCCN1N=CN(C(Cl)(Cl)C(Cl)(Cl)Cl)C1CC(C)(C)C. The molecule has 0 N–H and O–H groups in total. The topological polar surface area (TPSA) is 18.8 Å². The van der Waals surface area contributed by atoms with E-state index in [0.29, 0.717) is 0 Å². The summed E-state index contributed by atoms with van der Waals surface area (Å²) in [6.07, 6.45) is 6.88. The number of rotatable bonds is 7. The number of hydrogen-bond donors (Lipinski definition) is 0. The van der Waals surface area contributed by atoms with E-state index in [0.717, 1.165) is 19.4 Å². The summed E-state index contributed by atoms with van der Waals surface area (Å²) in [6, 6.07) is 0. The lowest BCUT2D eigenvalue weighted by Gasteiger charge is -2.42. The Bertz CT molecular complexity index is 401. The van der Waals surface area contributed by atoms with Crippen LogP contribution in [0.4, 0.5) is 0 Å². The number of unbranched alkanes of at least 4 members (excludes halogenated alkanes) is 3. The van der Waals surface area contributed by atoms with E-state index in [4.69, 9.17) is 58.0 Å². The summed E-state index contributed by atoms with van der Waals surface area (Å²) in [5.74, 6) is 0. The zero-order valence-corrected chi connectivity index (χ0v) is 17.9. The van der Waals surface area contributed by atoms with Crippen LogP contribution in [0.15, 0.2) is 5.10 Å². The monoisotopic (exact) mass is 423 g/mol. The fraction of sp³-hybridized carbons (Fsp3) is 0.933. The van der Waals surface area contributed by atoms with Crippen LogP contribution in [-0.2, 0) is 0 Å². The van der Waals surface area contributed by atoms with Crippen LogP contribution in [-0.4, -0.2) is 37.2 Å². The van der Waals surface area contributed by atoms with Crippen LogP contribution in [0, 0.1) is 5.41 Å². The second-order valence-corrected chi connectivity index (χ2v) is 10.7. The quantitative estimate of drug-likeness (QED) is 0.267. The molecule has 0 aromatic rings. The normalized spacial score (nSPS) is 19.8. The summed E-state index contributed by atoms with van der Waals surface area (Å²) in [5, 5.41) is 6.45. The second-order valence-electron chi connectivity index (χ2n) is 7.15. The molecule has 0 spiro atoms. The molecule has 0 radical (unpaired) electrons. The molecule has 0 aromatic carbocycles. The predicted octanol–water partition coefficient (Wildman–Crippen LogP) is 6.39. The third-order valence-electron chi connectivity index (χ3n) is 3.69. The first kappa shape index (κ1) is 21.8. The van der Waals surface area contributed by atoms with Gasteiger partial charge in [0.05, 0.1) is 0 Å². The Morgan fingerprint density at radius 1 is 1.00 bits per heavy atom. The van der Waals surface area contributed by atoms with Gasteiger partial charge in [-0.1, -0.05) is 105 Å². The minimum Gasteiger partial charge on any atom is -0.304 e. The highest BCUT2D eigenvalue weighted by molar-refractivity contribution is 6.75. The average molecular weight is 426 g/mol. The van der Waals surface area contributed by atoms with Gasteiger partial charge in [-0.3, -0.25) is 5.01 Å². The molecule has 1 aliphatic heterocycles. The number of alkyl halides is 5. The molecule has 0 bridgehead atoms. The van der Waals surface area contributed by atoms with Crippen molar-refractivity contribution in [1.82, 2.24) is 9.91 Å². The summed E-state index contributed by atoms with van der Waals surface area (Å²) in [6.45, 7) is 9.47. The van der Waals surface area contributed by atoms with Crippen LogP contribution in [0.2, 0.25) is 0 Å². The molecule has 0 aromatic heterocycles. The first-order valence-electron chi connectivity index (χ1n) is 7.94. The van der Waals surface area contributed by atoms with Gasteiger partial charge >= 0.3 is 0 Å². The van der Waals surface area contributed by atoms with E-state index in [-0.39, 0.29) is 11.6 Å². The van der Waals surface area contributed by atoms with E-state index < -0.39 is 8.25 Å². The number of hydrogen-bond acceptors (Lipinski definition) is 3. The van der Waals surface area contributed by atoms with Crippen molar-refractivity contribution in [3.63, 3.8) is 0 Å². The predicted molar refractivity (Wildman–Crippen MR) is 104 cm³/mol. The maximum atomic E-state index is 6.37. The van der Waals surface area contributed by atoms with Crippen LogP contribution >= 0.6 is 58.0 Å². The molecule has 0 amide bonds. The molecule has 1 rings (SSSR count). The van der Waals surface area contributed by atoms with Crippen molar-refractivity contribution in [2.75, 3.05) is 6.54 Å². The van der Waals surface area contributed by atoms with E-state index in [9.17, 15) is 0 Å². The Labute approximate surface area is 165 Å². The highest BCUT2D eigenvalue weighted by Gasteiger charge is 2.54. The summed E-state index contributed by atoms with van der Waals surface area (Å²) >= 11 is 30.7. The van der Waals surface area contributed by atoms with Gasteiger partial charge in [0.1, 0.15) is 12.5 Å². The van der Waals surface area contributed by atoms with Crippen molar-refractivity contribution >= 4 is 64.3 Å². The molecule has 1 heterocycles. The number of hydrazone groups is 1. The Morgan fingerprint density at radius 2 is 1.61 bits per heavy atom. The Kier molecular flexibility index (Phi) is 7.95. The third-order valence-corrected chi connectivity index (χ3v) is 6.05. The van der Waals surface area contributed by atoms with Crippen molar-refractivity contribution in [3.8, 4) is 0 Å². The molecule has 23 heavy (non-hydrogen) atoms. The van der Waals surface area contributed by atoms with Crippen molar-refractivity contribution in [1.29, 1.82) is 0 Å². The van der Waals surface area contributed by atoms with Crippen LogP contribution in [0.1, 0.15) is 59.8 Å². The van der Waals surface area contributed by atoms with Crippen LogP contribution in [0.25, 0.3) is 0 Å². The van der Waals surface area contributed by atoms with Crippen molar-refractivity contribution < 1.29 is 0 Å². The van der Waals surface area contributed by atoms with Gasteiger partial charge < -0.3 is 4.90 Å². The van der Waals surface area contributed by atoms with Crippen LogP contribution in [0.5, 0.6) is 0 Å².